The summed E-state index contributed by atoms with van der Waals surface area (Å²) in [4.78, 5) is 23.3. The summed E-state index contributed by atoms with van der Waals surface area (Å²) in [5, 5.41) is 3.07. The van der Waals surface area contributed by atoms with Crippen molar-refractivity contribution < 1.29 is 13.2 Å². The van der Waals surface area contributed by atoms with Crippen LogP contribution in [0, 0.1) is 0 Å². The number of aromatic nitrogens is 4. The van der Waals surface area contributed by atoms with Gasteiger partial charge in [0, 0.05) is 23.7 Å². The zero-order valence-corrected chi connectivity index (χ0v) is 14.4. The average Bonchev–Trinajstić information content (AvgIpc) is 2.93. The van der Waals surface area contributed by atoms with Crippen LogP contribution < -0.4 is 10.9 Å². The van der Waals surface area contributed by atoms with E-state index in [0.717, 1.165) is 5.56 Å². The van der Waals surface area contributed by atoms with E-state index in [9.17, 15) is 18.0 Å². The Labute approximate surface area is 151 Å². The van der Waals surface area contributed by atoms with Crippen molar-refractivity contribution in [3.63, 3.8) is 0 Å². The zero-order valence-electron chi connectivity index (χ0n) is 13.7. The van der Waals surface area contributed by atoms with Gasteiger partial charge in [-0.3, -0.25) is 9.78 Å². The van der Waals surface area contributed by atoms with Crippen molar-refractivity contribution in [2.75, 3.05) is 11.9 Å². The van der Waals surface area contributed by atoms with Gasteiger partial charge in [0.15, 0.2) is 11.2 Å². The number of hydrogen-bond donors (Lipinski definition) is 2. The highest BCUT2D eigenvalue weighted by atomic mass is 35.5. The Balaban J connectivity index is 2.01. The van der Waals surface area contributed by atoms with Crippen LogP contribution in [0.25, 0.3) is 22.6 Å². The molecular formula is C16H15ClF3N5O. The fraction of sp³-hybridized carbons (Fsp3) is 0.312. The second-order valence-electron chi connectivity index (χ2n) is 5.57. The third kappa shape index (κ3) is 3.82. The van der Waals surface area contributed by atoms with Gasteiger partial charge >= 0.3 is 6.18 Å². The number of anilines is 1. The molecule has 0 bridgehead atoms. The number of H-pyrrole nitrogens is 1. The number of imidazole rings is 1. The number of alkyl halides is 3. The number of nitrogens with one attached hydrogen (secondary N) is 2. The molecule has 2 N–H and O–H groups in total. The Morgan fingerprint density at radius 1 is 1.23 bits per heavy atom. The van der Waals surface area contributed by atoms with Gasteiger partial charge in [-0.1, -0.05) is 11.6 Å². The molecule has 0 aliphatic heterocycles. The van der Waals surface area contributed by atoms with Crippen molar-refractivity contribution in [2.24, 2.45) is 0 Å². The first-order valence-corrected chi connectivity index (χ1v) is 8.23. The summed E-state index contributed by atoms with van der Waals surface area (Å²) in [5.74, 6) is 0.508. The Kier molecular flexibility index (Phi) is 4.90. The summed E-state index contributed by atoms with van der Waals surface area (Å²) < 4.78 is 38.5. The third-order valence-corrected chi connectivity index (χ3v) is 3.98. The molecule has 0 aliphatic rings. The van der Waals surface area contributed by atoms with E-state index >= 15 is 0 Å². The lowest BCUT2D eigenvalue weighted by molar-refractivity contribution is -0.131. The maximum absolute atomic E-state index is 12.3. The van der Waals surface area contributed by atoms with Crippen LogP contribution in [-0.2, 0) is 6.54 Å². The van der Waals surface area contributed by atoms with E-state index in [2.05, 4.69) is 20.3 Å². The Morgan fingerprint density at radius 3 is 2.54 bits per heavy atom. The Hall–Kier alpha value is -2.55. The van der Waals surface area contributed by atoms with Gasteiger partial charge < -0.3 is 9.88 Å². The molecule has 10 heteroatoms. The SMILES string of the molecule is CCn1c(-c2ccc(Cl)cc2)nc2c(=O)[nH]c(NCCC(F)(F)F)nc21. The first-order valence-electron chi connectivity index (χ1n) is 7.85. The highest BCUT2D eigenvalue weighted by Gasteiger charge is 2.26. The van der Waals surface area contributed by atoms with Crippen LogP contribution in [0.15, 0.2) is 29.1 Å². The molecule has 0 saturated carbocycles. The number of halogens is 4. The summed E-state index contributed by atoms with van der Waals surface area (Å²) in [6.07, 6.45) is -5.32. The maximum Gasteiger partial charge on any atom is 0.390 e. The molecule has 3 aromatic rings. The molecule has 26 heavy (non-hydrogen) atoms. The molecule has 2 aromatic heterocycles. The molecule has 0 spiro atoms. The summed E-state index contributed by atoms with van der Waals surface area (Å²) >= 11 is 5.90. The predicted octanol–water partition coefficient (Wildman–Crippen LogP) is 3.82. The van der Waals surface area contributed by atoms with Crippen LogP contribution >= 0.6 is 11.6 Å². The molecular weight excluding hydrogens is 371 g/mol. The van der Waals surface area contributed by atoms with Gasteiger partial charge in [-0.2, -0.15) is 18.2 Å². The normalized spacial score (nSPS) is 11.9. The molecule has 0 unspecified atom stereocenters. The lowest BCUT2D eigenvalue weighted by atomic mass is 10.2. The van der Waals surface area contributed by atoms with Crippen LogP contribution in [0.4, 0.5) is 19.1 Å². The van der Waals surface area contributed by atoms with E-state index in [4.69, 9.17) is 11.6 Å². The third-order valence-electron chi connectivity index (χ3n) is 3.73. The lowest BCUT2D eigenvalue weighted by Gasteiger charge is -2.09. The molecule has 0 aliphatic carbocycles. The molecule has 1 aromatic carbocycles. The molecule has 138 valence electrons. The minimum absolute atomic E-state index is 0.0241. The quantitative estimate of drug-likeness (QED) is 0.700. The van der Waals surface area contributed by atoms with E-state index in [0.29, 0.717) is 23.0 Å². The van der Waals surface area contributed by atoms with Crippen molar-refractivity contribution in [3.05, 3.63) is 39.6 Å². The number of benzene rings is 1. The molecule has 3 rings (SSSR count). The average molecular weight is 386 g/mol. The molecule has 0 amide bonds. The fourth-order valence-corrected chi connectivity index (χ4v) is 2.66. The molecule has 0 saturated heterocycles. The maximum atomic E-state index is 12.3. The number of fused-ring (bicyclic) bond motifs is 1. The molecule has 0 atom stereocenters. The smallest absolute Gasteiger partial charge is 0.355 e. The van der Waals surface area contributed by atoms with Crippen LogP contribution in [0.3, 0.4) is 0 Å². The molecule has 6 nitrogen and oxygen atoms in total. The second-order valence-corrected chi connectivity index (χ2v) is 6.00. The summed E-state index contributed by atoms with van der Waals surface area (Å²) in [6, 6.07) is 6.95. The monoisotopic (exact) mass is 385 g/mol. The predicted molar refractivity (Wildman–Crippen MR) is 93.4 cm³/mol. The van der Waals surface area contributed by atoms with Crippen LogP contribution in [0.2, 0.25) is 5.02 Å². The van der Waals surface area contributed by atoms with Crippen molar-refractivity contribution in [2.45, 2.75) is 26.1 Å². The van der Waals surface area contributed by atoms with Gasteiger partial charge in [0.05, 0.1) is 6.42 Å². The number of rotatable bonds is 5. The molecule has 2 heterocycles. The Morgan fingerprint density at radius 2 is 1.92 bits per heavy atom. The Bertz CT molecular complexity index is 978. The highest BCUT2D eigenvalue weighted by molar-refractivity contribution is 6.30. The van der Waals surface area contributed by atoms with Gasteiger partial charge in [-0.15, -0.1) is 0 Å². The number of nitrogens with zero attached hydrogens (tertiary/aromatic N) is 3. The van der Waals surface area contributed by atoms with Gasteiger partial charge in [0.2, 0.25) is 5.95 Å². The van der Waals surface area contributed by atoms with E-state index in [-0.39, 0.29) is 18.0 Å². The second kappa shape index (κ2) is 6.99. The molecule has 0 fully saturated rings. The van der Waals surface area contributed by atoms with Crippen LogP contribution in [-0.4, -0.2) is 32.2 Å². The van der Waals surface area contributed by atoms with E-state index in [1.54, 1.807) is 28.8 Å². The number of aromatic amines is 1. The zero-order chi connectivity index (χ0) is 18.9. The summed E-state index contributed by atoms with van der Waals surface area (Å²) in [5.41, 5.74) is 0.654. The van der Waals surface area contributed by atoms with E-state index < -0.39 is 18.2 Å². The lowest BCUT2D eigenvalue weighted by Crippen LogP contribution is -2.18. The standard InChI is InChI=1S/C16H15ClF3N5O/c1-2-25-12(9-3-5-10(17)6-4-9)22-11-13(25)23-15(24-14(11)26)21-8-7-16(18,19)20/h3-6H,2,7-8H2,1H3,(H2,21,23,24,26). The summed E-state index contributed by atoms with van der Waals surface area (Å²) in [7, 11) is 0. The van der Waals surface area contributed by atoms with Gasteiger partial charge in [-0.25, -0.2) is 4.98 Å². The van der Waals surface area contributed by atoms with Crippen molar-refractivity contribution in [1.82, 2.24) is 19.5 Å². The van der Waals surface area contributed by atoms with Gasteiger partial charge in [0.1, 0.15) is 5.82 Å². The fourth-order valence-electron chi connectivity index (χ4n) is 2.54. The highest BCUT2D eigenvalue weighted by Crippen LogP contribution is 2.24. The minimum atomic E-state index is -4.29. The van der Waals surface area contributed by atoms with Crippen molar-refractivity contribution in [1.29, 1.82) is 0 Å². The van der Waals surface area contributed by atoms with Crippen molar-refractivity contribution >= 4 is 28.7 Å². The first kappa shape index (κ1) is 18.2. The van der Waals surface area contributed by atoms with Crippen LogP contribution in [0.5, 0.6) is 0 Å². The minimum Gasteiger partial charge on any atom is -0.355 e. The topological polar surface area (TPSA) is 75.6 Å². The first-order chi connectivity index (χ1) is 12.3. The largest absolute Gasteiger partial charge is 0.390 e. The number of aryl methyl sites for hydroxylation is 1. The number of hydrogen-bond acceptors (Lipinski definition) is 4. The van der Waals surface area contributed by atoms with Gasteiger partial charge in [-0.05, 0) is 31.2 Å². The summed E-state index contributed by atoms with van der Waals surface area (Å²) in [6.45, 7) is 1.95. The van der Waals surface area contributed by atoms with Gasteiger partial charge in [0.25, 0.3) is 5.56 Å². The van der Waals surface area contributed by atoms with E-state index in [1.165, 1.54) is 0 Å². The van der Waals surface area contributed by atoms with Crippen LogP contribution in [0.1, 0.15) is 13.3 Å². The molecule has 0 radical (unpaired) electrons. The van der Waals surface area contributed by atoms with Crippen molar-refractivity contribution in [3.8, 4) is 11.4 Å². The van der Waals surface area contributed by atoms with E-state index in [1.807, 2.05) is 6.92 Å².